The van der Waals surface area contributed by atoms with Gasteiger partial charge >= 0.3 is 0 Å². The van der Waals surface area contributed by atoms with Crippen molar-refractivity contribution in [2.75, 3.05) is 67.4 Å². The number of nitrogens with one attached hydrogen (secondary N) is 8. The Morgan fingerprint density at radius 1 is 0.458 bits per heavy atom. The second-order valence-corrected chi connectivity index (χ2v) is 15.0. The van der Waals surface area contributed by atoms with Gasteiger partial charge in [0.25, 0.3) is 0 Å². The number of carbonyl (C=O) groups is 7. The molecule has 0 spiro atoms. The highest BCUT2D eigenvalue weighted by Gasteiger charge is 1.89. The van der Waals surface area contributed by atoms with Crippen molar-refractivity contribution >= 4 is 67.4 Å². The van der Waals surface area contributed by atoms with Gasteiger partial charge < -0.3 is 31.4 Å². The summed E-state index contributed by atoms with van der Waals surface area (Å²) in [5, 5.41) is 16.4. The number of nitrogens with zero attached hydrogens (tertiary/aromatic N) is 1. The topological polar surface area (TPSA) is 296 Å². The number of Topliss-reactive ketones (excluding diaryl/α,β-unsaturated/α-hetero) is 1. The molecule has 0 heterocycles. The minimum Gasteiger partial charge on any atom is -0.359 e. The third-order valence-corrected chi connectivity index (χ3v) is 6.02. The third-order valence-electron chi connectivity index (χ3n) is 4.54. The lowest BCUT2D eigenvalue weighted by molar-refractivity contribution is -0.119. The van der Waals surface area contributed by atoms with Crippen LogP contribution in [-0.4, -0.2) is 132 Å². The van der Waals surface area contributed by atoms with Crippen LogP contribution in [0, 0.1) is 0 Å². The minimum atomic E-state index is -2.91. The quantitative estimate of drug-likeness (QED) is 0.0439. The fraction of sp³-hybridized carbons (Fsp3) is 0.760. The van der Waals surface area contributed by atoms with E-state index in [-0.39, 0.29) is 115 Å². The summed E-state index contributed by atoms with van der Waals surface area (Å²) in [6.07, 6.45) is 13.7. The predicted octanol–water partition coefficient (Wildman–Crippen LogP) is 9.33. The number of rotatable bonds is 10. The van der Waals surface area contributed by atoms with Crippen LogP contribution >= 0.6 is 0 Å². The molecule has 0 unspecified atom stereocenters. The molecule has 8 N–H and O–H groups in total. The number of hydrogen-bond acceptors (Lipinski definition) is 13. The lowest BCUT2D eigenvalue weighted by Gasteiger charge is -1.93. The second-order valence-electron chi connectivity index (χ2n) is 11.1. The lowest BCUT2D eigenvalue weighted by atomic mass is 10.3. The molecule has 0 radical (unpaired) electrons. The molecule has 0 aliphatic carbocycles. The van der Waals surface area contributed by atoms with Crippen LogP contribution in [0.4, 0.5) is 0 Å². The molecule has 0 aromatic heterocycles. The van der Waals surface area contributed by atoms with Crippen molar-refractivity contribution in [1.82, 2.24) is 41.5 Å². The first kappa shape index (κ1) is 138. The van der Waals surface area contributed by atoms with E-state index in [1.165, 1.54) is 67.9 Å². The van der Waals surface area contributed by atoms with Crippen LogP contribution < -0.4 is 41.5 Å². The van der Waals surface area contributed by atoms with Crippen molar-refractivity contribution in [2.24, 2.45) is 5.10 Å². The number of amides is 5. The third kappa shape index (κ3) is 452. The van der Waals surface area contributed by atoms with E-state index in [9.17, 15) is 50.4 Å². The average Bonchev–Trinajstić information content (AvgIpc) is 3.17. The molecule has 0 aromatic carbocycles. The maximum atomic E-state index is 10.1. The van der Waals surface area contributed by atoms with Crippen molar-refractivity contribution in [3.63, 3.8) is 0 Å². The standard InChI is InChI=1S/C5H11NO.C5H10O.C5H8O.C4H8N2O.C4H9NO.C4H8.2C3H7NO.C3H9N.2C2H7NO2S.10CH4/c1-3-4-6-5(2)7;2*1-3-4-5(2)6;1-3-5-6-4(2)7;1-3-5-4(2)6;1-3-4-2;2*1-3(5)4-2;1-3-4-2;2*1-3-6(2,4)5;;;;;;;;;;/h3-4H2,1-2H3,(H,6,7);3-4H2,1-2H3;3-4H,1-2H3;3H,1-2H3,(H,6,7);3H2,1-2H3,(H,5,6);3-4H,1-2H3;2*1-2H3,(H,4,5);4H,3H2,1-2H3;2*3H,1-2H3;10*1H4/b;;4-3+;;;4-3+;;;;;;;;;;;;;;;. The largest absolute Gasteiger partial charge is 0.359 e. The Hall–Kier alpha value is -4.38. The Labute approximate surface area is 451 Å². The van der Waals surface area contributed by atoms with Gasteiger partial charge in [-0.25, -0.2) is 31.7 Å². The highest BCUT2D eigenvalue weighted by Crippen LogP contribution is 1.84. The molecule has 0 fully saturated rings. The average molecular weight is 1100 g/mol. The van der Waals surface area contributed by atoms with Gasteiger partial charge in [-0.15, -0.1) is 0 Å². The summed E-state index contributed by atoms with van der Waals surface area (Å²) in [5.74, 6) is 0.363. The smallest absolute Gasteiger partial charge is 0.236 e. The summed E-state index contributed by atoms with van der Waals surface area (Å²) < 4.78 is 43.7. The van der Waals surface area contributed by atoms with Crippen LogP contribution in [-0.2, 0) is 53.6 Å². The molecule has 0 saturated carbocycles. The monoisotopic (exact) mass is 1100 g/mol. The van der Waals surface area contributed by atoms with E-state index in [1.807, 2.05) is 60.7 Å². The van der Waals surface area contributed by atoms with Gasteiger partial charge in [-0.1, -0.05) is 113 Å². The fourth-order valence-corrected chi connectivity index (χ4v) is 1.29. The number of hydrogen-bond donors (Lipinski definition) is 8. The molecule has 22 heteroatoms. The second kappa shape index (κ2) is 121. The van der Waals surface area contributed by atoms with Crippen LogP contribution in [0.2, 0.25) is 0 Å². The van der Waals surface area contributed by atoms with Crippen molar-refractivity contribution < 1.29 is 50.4 Å². The van der Waals surface area contributed by atoms with E-state index in [0.717, 1.165) is 51.4 Å². The number of allylic oxidation sites excluding steroid dienone is 4. The maximum absolute atomic E-state index is 10.1. The predicted molar refractivity (Wildman–Crippen MR) is 327 cm³/mol. The Bertz CT molecular complexity index is 1280. The van der Waals surface area contributed by atoms with Crippen LogP contribution in [0.3, 0.4) is 0 Å². The number of sulfonamides is 2. The zero-order valence-corrected chi connectivity index (χ0v) is 44.0. The van der Waals surface area contributed by atoms with Gasteiger partial charge in [0, 0.05) is 74.4 Å². The Morgan fingerprint density at radius 2 is 0.736 bits per heavy atom. The molecular formula is C50H131N9O11S2. The first-order chi connectivity index (χ1) is 28.3. The van der Waals surface area contributed by atoms with Crippen molar-refractivity contribution in [3.8, 4) is 0 Å². The van der Waals surface area contributed by atoms with Crippen LogP contribution in [0.25, 0.3) is 0 Å². The van der Waals surface area contributed by atoms with Crippen molar-refractivity contribution in [1.29, 1.82) is 0 Å². The van der Waals surface area contributed by atoms with E-state index in [4.69, 9.17) is 0 Å². The Morgan fingerprint density at radius 3 is 0.764 bits per heavy atom. The first-order valence-corrected chi connectivity index (χ1v) is 23.3. The highest BCUT2D eigenvalue weighted by atomic mass is 32.2. The van der Waals surface area contributed by atoms with Crippen molar-refractivity contribution in [3.05, 3.63) is 24.3 Å². The van der Waals surface area contributed by atoms with Crippen LogP contribution in [0.15, 0.2) is 29.4 Å². The molecule has 5 amide bonds. The van der Waals surface area contributed by atoms with Gasteiger partial charge in [0.2, 0.25) is 49.6 Å². The fourth-order valence-electron chi connectivity index (χ4n) is 1.29. The summed E-state index contributed by atoms with van der Waals surface area (Å²) in [7, 11) is 2.05. The zero-order valence-electron chi connectivity index (χ0n) is 42.4. The number of carbonyl (C=O) groups excluding carboxylic acids is 7. The molecule has 0 rings (SSSR count). The van der Waals surface area contributed by atoms with Crippen LogP contribution in [0.5, 0.6) is 0 Å². The zero-order chi connectivity index (χ0) is 52.2. The van der Waals surface area contributed by atoms with Gasteiger partial charge in [0.1, 0.15) is 5.78 Å². The molecule has 0 aliphatic heterocycles. The summed E-state index contributed by atoms with van der Waals surface area (Å²) in [4.78, 5) is 69.4. The number of ketones is 2. The Kier molecular flexibility index (Phi) is 233. The van der Waals surface area contributed by atoms with Gasteiger partial charge in [-0.2, -0.15) is 5.10 Å². The van der Waals surface area contributed by atoms with E-state index in [1.54, 1.807) is 34.0 Å². The SMILES string of the molecule is C.C.C.C.C.C.C.C.C.C.C/C=C/C.C/C=C/C(C)=O.CC=NNC(C)=O.CCCC(C)=O.CCCNC(C)=O.CCNC.CCNC(C)=O.CNC(C)=O.CNC(C)=O.CNS(C)(=O)=O.CNS(C)(=O)=O. The molecule has 0 saturated heterocycles. The summed E-state index contributed by atoms with van der Waals surface area (Å²) in [5.41, 5.74) is 2.23. The Balaban J connectivity index is -0.0000000207. The number of hydrazone groups is 1. The van der Waals surface area contributed by atoms with E-state index < -0.39 is 20.0 Å². The van der Waals surface area contributed by atoms with Crippen LogP contribution in [0.1, 0.15) is 197 Å². The molecule has 0 atom stereocenters. The molecule has 0 aliphatic rings. The highest BCUT2D eigenvalue weighted by molar-refractivity contribution is 7.88. The van der Waals surface area contributed by atoms with E-state index >= 15 is 0 Å². The van der Waals surface area contributed by atoms with Gasteiger partial charge in [-0.3, -0.25) is 28.8 Å². The maximum Gasteiger partial charge on any atom is 0.236 e. The summed E-state index contributed by atoms with van der Waals surface area (Å²) in [6, 6.07) is 0. The minimum absolute atomic E-state index is 0. The summed E-state index contributed by atoms with van der Waals surface area (Å²) >= 11 is 0. The van der Waals surface area contributed by atoms with Gasteiger partial charge in [0.05, 0.1) is 12.5 Å². The molecule has 0 bridgehead atoms. The molecule has 72 heavy (non-hydrogen) atoms. The first-order valence-electron chi connectivity index (χ1n) is 19.6. The molecule has 0 aromatic rings. The van der Waals surface area contributed by atoms with Crippen molar-refractivity contribution in [2.45, 2.75) is 197 Å². The van der Waals surface area contributed by atoms with E-state index in [0.29, 0.717) is 0 Å². The van der Waals surface area contributed by atoms with Gasteiger partial charge in [-0.05, 0) is 95.1 Å². The normalized spacial score (nSPS) is 7.69. The summed E-state index contributed by atoms with van der Waals surface area (Å²) in [6.45, 7) is 28.7. The molecular weight excluding hydrogens is 967 g/mol. The lowest BCUT2D eigenvalue weighted by Crippen LogP contribution is -2.19. The van der Waals surface area contributed by atoms with E-state index in [2.05, 4.69) is 53.5 Å². The molecule has 20 nitrogen and oxygen atoms in total. The van der Waals surface area contributed by atoms with Gasteiger partial charge in [0.15, 0.2) is 5.78 Å². The molecule has 454 valence electrons.